The number of rotatable bonds is 4. The van der Waals surface area contributed by atoms with Crippen molar-refractivity contribution in [2.24, 2.45) is 0 Å². The van der Waals surface area contributed by atoms with Crippen LogP contribution in [0.25, 0.3) is 0 Å². The first-order valence-electron chi connectivity index (χ1n) is 6.02. The molecule has 0 saturated heterocycles. The Balaban J connectivity index is 1.96. The van der Waals surface area contributed by atoms with Crippen molar-refractivity contribution in [1.29, 1.82) is 0 Å². The summed E-state index contributed by atoms with van der Waals surface area (Å²) in [6, 6.07) is 5.02. The number of hydrogen-bond donors (Lipinski definition) is 3. The third kappa shape index (κ3) is 4.32. The van der Waals surface area contributed by atoms with Gasteiger partial charge >= 0.3 is 12.0 Å². The number of nitrogens with zero attached hydrogens (tertiary/aromatic N) is 2. The highest BCUT2D eigenvalue weighted by molar-refractivity contribution is 9.10. The number of urea groups is 1. The van der Waals surface area contributed by atoms with E-state index in [1.807, 2.05) is 19.1 Å². The standard InChI is InChI=1S/C13H13BrN4O3/c1-8-4-9(2-3-11(8)14)16-13(21)17-10-5-15-18(6-10)7-12(19)20/h2-6H,7H2,1H3,(H,19,20)(H2,16,17,21). The summed E-state index contributed by atoms with van der Waals surface area (Å²) < 4.78 is 2.19. The summed E-state index contributed by atoms with van der Waals surface area (Å²) in [6.07, 6.45) is 2.83. The number of anilines is 2. The molecule has 0 aliphatic heterocycles. The highest BCUT2D eigenvalue weighted by atomic mass is 79.9. The number of benzene rings is 1. The third-order valence-corrected chi connectivity index (χ3v) is 3.49. The lowest BCUT2D eigenvalue weighted by Crippen LogP contribution is -2.19. The van der Waals surface area contributed by atoms with E-state index in [9.17, 15) is 9.59 Å². The first kappa shape index (κ1) is 15.0. The van der Waals surface area contributed by atoms with Crippen LogP contribution < -0.4 is 10.6 Å². The average Bonchev–Trinajstić information content (AvgIpc) is 2.80. The molecule has 3 N–H and O–H groups in total. The van der Waals surface area contributed by atoms with Crippen LogP contribution in [0.2, 0.25) is 0 Å². The molecule has 0 unspecified atom stereocenters. The van der Waals surface area contributed by atoms with Crippen molar-refractivity contribution in [3.63, 3.8) is 0 Å². The summed E-state index contributed by atoms with van der Waals surface area (Å²) in [5, 5.41) is 17.7. The summed E-state index contributed by atoms with van der Waals surface area (Å²) in [5.74, 6) is -1.00. The van der Waals surface area contributed by atoms with E-state index in [-0.39, 0.29) is 6.54 Å². The Morgan fingerprint density at radius 2 is 2.05 bits per heavy atom. The minimum atomic E-state index is -1.00. The molecule has 0 fully saturated rings. The van der Waals surface area contributed by atoms with Gasteiger partial charge in [0.15, 0.2) is 0 Å². The Morgan fingerprint density at radius 1 is 1.33 bits per heavy atom. The second kappa shape index (κ2) is 6.40. The molecule has 1 aromatic carbocycles. The smallest absolute Gasteiger partial charge is 0.325 e. The molecular formula is C13H13BrN4O3. The van der Waals surface area contributed by atoms with E-state index in [0.717, 1.165) is 10.0 Å². The molecule has 1 heterocycles. The second-order valence-corrected chi connectivity index (χ2v) is 5.22. The van der Waals surface area contributed by atoms with E-state index in [2.05, 4.69) is 31.7 Å². The molecule has 2 aromatic rings. The largest absolute Gasteiger partial charge is 0.480 e. The molecule has 0 bridgehead atoms. The maximum absolute atomic E-state index is 11.8. The molecule has 21 heavy (non-hydrogen) atoms. The Kier molecular flexibility index (Phi) is 4.59. The fourth-order valence-electron chi connectivity index (χ4n) is 1.67. The predicted molar refractivity (Wildman–Crippen MR) is 81.4 cm³/mol. The number of carboxylic acids is 1. The average molecular weight is 353 g/mol. The molecule has 1 aromatic heterocycles. The number of aryl methyl sites for hydroxylation is 1. The molecule has 0 aliphatic carbocycles. The lowest BCUT2D eigenvalue weighted by molar-refractivity contribution is -0.137. The van der Waals surface area contributed by atoms with E-state index >= 15 is 0 Å². The maximum Gasteiger partial charge on any atom is 0.325 e. The van der Waals surface area contributed by atoms with Crippen molar-refractivity contribution in [3.8, 4) is 0 Å². The highest BCUT2D eigenvalue weighted by Gasteiger charge is 2.07. The van der Waals surface area contributed by atoms with Gasteiger partial charge in [0.1, 0.15) is 6.54 Å². The topological polar surface area (TPSA) is 96.3 Å². The molecule has 7 nitrogen and oxygen atoms in total. The lowest BCUT2D eigenvalue weighted by Gasteiger charge is -2.07. The SMILES string of the molecule is Cc1cc(NC(=O)Nc2cnn(CC(=O)O)c2)ccc1Br. The van der Waals surface area contributed by atoms with E-state index in [4.69, 9.17) is 5.11 Å². The molecule has 2 rings (SSSR count). The van der Waals surface area contributed by atoms with Crippen molar-refractivity contribution in [2.75, 3.05) is 10.6 Å². The van der Waals surface area contributed by atoms with Crippen molar-refractivity contribution < 1.29 is 14.7 Å². The van der Waals surface area contributed by atoms with Crippen molar-refractivity contribution in [2.45, 2.75) is 13.5 Å². The lowest BCUT2D eigenvalue weighted by atomic mass is 10.2. The fourth-order valence-corrected chi connectivity index (χ4v) is 1.92. The van der Waals surface area contributed by atoms with Gasteiger partial charge in [0.2, 0.25) is 0 Å². The van der Waals surface area contributed by atoms with Gasteiger partial charge in [-0.2, -0.15) is 5.10 Å². The van der Waals surface area contributed by atoms with Crippen LogP contribution in [0.15, 0.2) is 35.1 Å². The van der Waals surface area contributed by atoms with Gasteiger partial charge in [-0.1, -0.05) is 15.9 Å². The van der Waals surface area contributed by atoms with Gasteiger partial charge in [0.05, 0.1) is 11.9 Å². The number of halogens is 1. The van der Waals surface area contributed by atoms with E-state index in [1.165, 1.54) is 17.1 Å². The number of amides is 2. The van der Waals surface area contributed by atoms with Crippen LogP contribution in [-0.2, 0) is 11.3 Å². The van der Waals surface area contributed by atoms with Crippen LogP contribution in [0.1, 0.15) is 5.56 Å². The van der Waals surface area contributed by atoms with Crippen molar-refractivity contribution >= 4 is 39.3 Å². The van der Waals surface area contributed by atoms with Gasteiger partial charge in [0, 0.05) is 16.4 Å². The molecule has 0 saturated carbocycles. The number of aliphatic carboxylic acids is 1. The number of carboxylic acid groups (broad SMARTS) is 1. The van der Waals surface area contributed by atoms with Crippen LogP contribution in [0.3, 0.4) is 0 Å². The van der Waals surface area contributed by atoms with Crippen LogP contribution in [0.4, 0.5) is 16.2 Å². The third-order valence-electron chi connectivity index (χ3n) is 2.60. The molecule has 8 heteroatoms. The van der Waals surface area contributed by atoms with E-state index in [0.29, 0.717) is 11.4 Å². The van der Waals surface area contributed by atoms with Gasteiger partial charge in [-0.05, 0) is 30.7 Å². The Bertz CT molecular complexity index is 684. The van der Waals surface area contributed by atoms with Crippen LogP contribution in [-0.4, -0.2) is 26.9 Å². The van der Waals surface area contributed by atoms with Crippen molar-refractivity contribution in [1.82, 2.24) is 9.78 Å². The maximum atomic E-state index is 11.8. The summed E-state index contributed by atoms with van der Waals surface area (Å²) >= 11 is 3.38. The summed E-state index contributed by atoms with van der Waals surface area (Å²) in [4.78, 5) is 22.4. The normalized spacial score (nSPS) is 10.2. The molecule has 2 amide bonds. The van der Waals surface area contributed by atoms with Crippen molar-refractivity contribution in [3.05, 3.63) is 40.6 Å². The Morgan fingerprint density at radius 3 is 2.71 bits per heavy atom. The number of aromatic nitrogens is 2. The van der Waals surface area contributed by atoms with Gasteiger partial charge < -0.3 is 15.7 Å². The second-order valence-electron chi connectivity index (χ2n) is 4.36. The zero-order chi connectivity index (χ0) is 15.4. The summed E-state index contributed by atoms with van der Waals surface area (Å²) in [6.45, 7) is 1.66. The first-order chi connectivity index (χ1) is 9.94. The van der Waals surface area contributed by atoms with Gasteiger partial charge in [-0.3, -0.25) is 9.48 Å². The van der Waals surface area contributed by atoms with E-state index in [1.54, 1.807) is 6.07 Å². The monoisotopic (exact) mass is 352 g/mol. The fraction of sp³-hybridized carbons (Fsp3) is 0.154. The summed E-state index contributed by atoms with van der Waals surface area (Å²) in [5.41, 5.74) is 2.08. The number of nitrogens with one attached hydrogen (secondary N) is 2. The van der Waals surface area contributed by atoms with Gasteiger partial charge in [0.25, 0.3) is 0 Å². The minimum absolute atomic E-state index is 0.255. The zero-order valence-electron chi connectivity index (χ0n) is 11.1. The van der Waals surface area contributed by atoms with Gasteiger partial charge in [-0.15, -0.1) is 0 Å². The zero-order valence-corrected chi connectivity index (χ0v) is 12.7. The number of carbonyl (C=O) groups is 2. The molecule has 110 valence electrons. The molecule has 0 radical (unpaired) electrons. The number of hydrogen-bond acceptors (Lipinski definition) is 3. The molecule has 0 spiro atoms. The molecule has 0 aliphatic rings. The quantitative estimate of drug-likeness (QED) is 0.787. The van der Waals surface area contributed by atoms with E-state index < -0.39 is 12.0 Å². The Labute approximate surface area is 129 Å². The molecule has 0 atom stereocenters. The predicted octanol–water partition coefficient (Wildman–Crippen LogP) is 2.68. The highest BCUT2D eigenvalue weighted by Crippen LogP contribution is 2.20. The molecular weight excluding hydrogens is 340 g/mol. The summed E-state index contributed by atoms with van der Waals surface area (Å²) in [7, 11) is 0. The number of carbonyl (C=O) groups excluding carboxylic acids is 1. The Hall–Kier alpha value is -2.35. The first-order valence-corrected chi connectivity index (χ1v) is 6.82. The van der Waals surface area contributed by atoms with Crippen LogP contribution in [0.5, 0.6) is 0 Å². The van der Waals surface area contributed by atoms with Crippen LogP contribution >= 0.6 is 15.9 Å². The van der Waals surface area contributed by atoms with Crippen LogP contribution in [0, 0.1) is 6.92 Å². The minimum Gasteiger partial charge on any atom is -0.480 e. The van der Waals surface area contributed by atoms with Gasteiger partial charge in [-0.25, -0.2) is 4.79 Å².